The fourth-order valence-corrected chi connectivity index (χ4v) is 3.89. The predicted molar refractivity (Wildman–Crippen MR) is 95.4 cm³/mol. The Hall–Kier alpha value is -1.77. The van der Waals surface area contributed by atoms with Gasteiger partial charge in [-0.25, -0.2) is 0 Å². The first-order valence-corrected chi connectivity index (χ1v) is 9.21. The van der Waals surface area contributed by atoms with Gasteiger partial charge in [-0.05, 0) is 43.9 Å². The van der Waals surface area contributed by atoms with Crippen LogP contribution < -0.4 is 0 Å². The second-order valence-electron chi connectivity index (χ2n) is 6.51. The fourth-order valence-electron chi connectivity index (χ4n) is 3.52. The highest BCUT2D eigenvalue weighted by Crippen LogP contribution is 2.28. The first-order chi connectivity index (χ1) is 12.0. The summed E-state index contributed by atoms with van der Waals surface area (Å²) in [5, 5.41) is 9.76. The third kappa shape index (κ3) is 3.75. The number of piperidine rings is 1. The average Bonchev–Trinajstić information content (AvgIpc) is 3.12. The summed E-state index contributed by atoms with van der Waals surface area (Å²) in [5.41, 5.74) is 0.331. The minimum Gasteiger partial charge on any atom is -0.341 e. The summed E-state index contributed by atoms with van der Waals surface area (Å²) < 4.78 is 0. The summed E-state index contributed by atoms with van der Waals surface area (Å²) in [5.74, 6) is -0.258. The minimum atomic E-state index is -0.457. The highest BCUT2D eigenvalue weighted by molar-refractivity contribution is 6.35. The van der Waals surface area contributed by atoms with Crippen molar-refractivity contribution in [3.8, 4) is 6.07 Å². The molecule has 7 heteroatoms. The summed E-state index contributed by atoms with van der Waals surface area (Å²) >= 11 is 12.1. The molecule has 2 aliphatic heterocycles. The van der Waals surface area contributed by atoms with Gasteiger partial charge in [0.05, 0.1) is 16.7 Å². The van der Waals surface area contributed by atoms with Gasteiger partial charge in [0, 0.05) is 30.6 Å². The van der Waals surface area contributed by atoms with Gasteiger partial charge in [0.25, 0.3) is 5.91 Å². The molecular formula is C18H19Cl2N3O2. The van der Waals surface area contributed by atoms with Gasteiger partial charge >= 0.3 is 0 Å². The molecule has 25 heavy (non-hydrogen) atoms. The summed E-state index contributed by atoms with van der Waals surface area (Å²) in [6.07, 6.45) is 2.84. The van der Waals surface area contributed by atoms with E-state index in [9.17, 15) is 9.59 Å². The van der Waals surface area contributed by atoms with E-state index in [4.69, 9.17) is 28.5 Å². The highest BCUT2D eigenvalue weighted by Gasteiger charge is 2.38. The predicted octanol–water partition coefficient (Wildman–Crippen LogP) is 3.36. The van der Waals surface area contributed by atoms with Crippen LogP contribution in [0, 0.1) is 17.2 Å². The number of halogens is 2. The number of hydrogen-bond donors (Lipinski definition) is 0. The van der Waals surface area contributed by atoms with E-state index in [-0.39, 0.29) is 17.7 Å². The number of carbonyl (C=O) groups excluding carboxylic acids is 2. The zero-order valence-corrected chi connectivity index (χ0v) is 15.3. The maximum atomic E-state index is 12.9. The zero-order chi connectivity index (χ0) is 18.0. The second-order valence-corrected chi connectivity index (χ2v) is 7.35. The van der Waals surface area contributed by atoms with E-state index in [0.717, 1.165) is 6.42 Å². The number of hydrogen-bond acceptors (Lipinski definition) is 3. The molecule has 2 saturated heterocycles. The third-order valence-electron chi connectivity index (χ3n) is 4.95. The third-order valence-corrected chi connectivity index (χ3v) is 5.51. The lowest BCUT2D eigenvalue weighted by Crippen LogP contribution is -2.50. The number of nitriles is 1. The van der Waals surface area contributed by atoms with Gasteiger partial charge in [-0.15, -0.1) is 0 Å². The molecule has 0 aliphatic carbocycles. The molecule has 1 unspecified atom stereocenters. The minimum absolute atomic E-state index is 0.0237. The Morgan fingerprint density at radius 2 is 1.84 bits per heavy atom. The largest absolute Gasteiger partial charge is 0.341 e. The monoisotopic (exact) mass is 379 g/mol. The molecule has 1 atom stereocenters. The second kappa shape index (κ2) is 7.63. The van der Waals surface area contributed by atoms with Gasteiger partial charge in [0.1, 0.15) is 6.04 Å². The molecule has 1 aromatic carbocycles. The Kier molecular flexibility index (Phi) is 5.51. The quantitative estimate of drug-likeness (QED) is 0.790. The van der Waals surface area contributed by atoms with Crippen molar-refractivity contribution < 1.29 is 9.59 Å². The number of nitrogens with zero attached hydrogens (tertiary/aromatic N) is 3. The number of amides is 2. The van der Waals surface area contributed by atoms with Crippen LogP contribution >= 0.6 is 23.2 Å². The molecule has 2 heterocycles. The standard InChI is InChI=1S/C18H19Cl2N3O2/c19-13-3-4-15(20)14(10-13)17(24)23-7-1-2-16(23)18(25)22-8-5-12(11-21)6-9-22/h3-4,10,12,16H,1-2,5-9H2. The van der Waals surface area contributed by atoms with Gasteiger partial charge in [-0.1, -0.05) is 23.2 Å². The topological polar surface area (TPSA) is 64.4 Å². The first-order valence-electron chi connectivity index (χ1n) is 8.45. The van der Waals surface area contributed by atoms with Crippen molar-refractivity contribution in [3.63, 3.8) is 0 Å². The first kappa shape index (κ1) is 18.0. The Balaban J connectivity index is 1.74. The zero-order valence-electron chi connectivity index (χ0n) is 13.8. The molecule has 3 rings (SSSR count). The lowest BCUT2D eigenvalue weighted by atomic mass is 9.98. The van der Waals surface area contributed by atoms with Crippen molar-refractivity contribution in [2.75, 3.05) is 19.6 Å². The molecule has 1 aromatic rings. The molecule has 0 N–H and O–H groups in total. The molecular weight excluding hydrogens is 361 g/mol. The van der Waals surface area contributed by atoms with Gasteiger partial charge in [0.15, 0.2) is 0 Å². The van der Waals surface area contributed by atoms with Crippen LogP contribution in [0.1, 0.15) is 36.0 Å². The summed E-state index contributed by atoms with van der Waals surface area (Å²) in [7, 11) is 0. The van der Waals surface area contributed by atoms with E-state index < -0.39 is 6.04 Å². The van der Waals surface area contributed by atoms with Crippen molar-refractivity contribution >= 4 is 35.0 Å². The van der Waals surface area contributed by atoms with Crippen LogP contribution in [0.25, 0.3) is 0 Å². The molecule has 5 nitrogen and oxygen atoms in total. The highest BCUT2D eigenvalue weighted by atomic mass is 35.5. The van der Waals surface area contributed by atoms with Crippen LogP contribution in [-0.4, -0.2) is 47.3 Å². The van der Waals surface area contributed by atoms with Crippen LogP contribution in [-0.2, 0) is 4.79 Å². The lowest BCUT2D eigenvalue weighted by molar-refractivity contribution is -0.136. The van der Waals surface area contributed by atoms with E-state index in [1.54, 1.807) is 28.0 Å². The van der Waals surface area contributed by atoms with E-state index in [2.05, 4.69) is 6.07 Å². The average molecular weight is 380 g/mol. The van der Waals surface area contributed by atoms with Crippen LogP contribution in [0.5, 0.6) is 0 Å². The SMILES string of the molecule is N#CC1CCN(C(=O)C2CCCN2C(=O)c2cc(Cl)ccc2Cl)CC1. The molecule has 2 fully saturated rings. The Morgan fingerprint density at radius 1 is 1.12 bits per heavy atom. The van der Waals surface area contributed by atoms with Gasteiger partial charge < -0.3 is 9.80 Å². The van der Waals surface area contributed by atoms with Crippen molar-refractivity contribution in [2.24, 2.45) is 5.92 Å². The van der Waals surface area contributed by atoms with Crippen LogP contribution in [0.2, 0.25) is 10.0 Å². The van der Waals surface area contributed by atoms with Gasteiger partial charge in [0.2, 0.25) is 5.91 Å². The Bertz CT molecular complexity index is 724. The van der Waals surface area contributed by atoms with Crippen LogP contribution in [0.15, 0.2) is 18.2 Å². The van der Waals surface area contributed by atoms with Crippen molar-refractivity contribution in [1.82, 2.24) is 9.80 Å². The number of benzene rings is 1. The molecule has 0 spiro atoms. The maximum absolute atomic E-state index is 12.9. The van der Waals surface area contributed by atoms with Crippen molar-refractivity contribution in [1.29, 1.82) is 5.26 Å². The number of carbonyl (C=O) groups is 2. The van der Waals surface area contributed by atoms with E-state index >= 15 is 0 Å². The normalized spacial score (nSPS) is 21.2. The van der Waals surface area contributed by atoms with Gasteiger partial charge in [-0.2, -0.15) is 5.26 Å². The number of likely N-dealkylation sites (tertiary alicyclic amines) is 2. The molecule has 0 aromatic heterocycles. The molecule has 2 amide bonds. The van der Waals surface area contributed by atoms with Gasteiger partial charge in [-0.3, -0.25) is 9.59 Å². The molecule has 0 bridgehead atoms. The summed E-state index contributed by atoms with van der Waals surface area (Å²) in [6.45, 7) is 1.69. The van der Waals surface area contributed by atoms with Crippen LogP contribution in [0.4, 0.5) is 0 Å². The summed E-state index contributed by atoms with van der Waals surface area (Å²) in [6, 6.07) is 6.58. The molecule has 2 aliphatic rings. The fraction of sp³-hybridized carbons (Fsp3) is 0.500. The lowest BCUT2D eigenvalue weighted by Gasteiger charge is -2.34. The number of rotatable bonds is 2. The van der Waals surface area contributed by atoms with E-state index in [0.29, 0.717) is 54.5 Å². The van der Waals surface area contributed by atoms with E-state index in [1.165, 1.54) is 0 Å². The van der Waals surface area contributed by atoms with Crippen molar-refractivity contribution in [2.45, 2.75) is 31.7 Å². The summed E-state index contributed by atoms with van der Waals surface area (Å²) in [4.78, 5) is 29.2. The maximum Gasteiger partial charge on any atom is 0.256 e. The Labute approximate surface area is 157 Å². The molecule has 0 radical (unpaired) electrons. The van der Waals surface area contributed by atoms with E-state index in [1.807, 2.05) is 0 Å². The Morgan fingerprint density at radius 3 is 2.52 bits per heavy atom. The van der Waals surface area contributed by atoms with Crippen molar-refractivity contribution in [3.05, 3.63) is 33.8 Å². The smallest absolute Gasteiger partial charge is 0.256 e. The molecule has 0 saturated carbocycles. The van der Waals surface area contributed by atoms with Crippen LogP contribution in [0.3, 0.4) is 0 Å². The molecule has 132 valence electrons.